The van der Waals surface area contributed by atoms with Crippen molar-refractivity contribution in [3.8, 4) is 0 Å². The first-order valence-corrected chi connectivity index (χ1v) is 12.9. The third-order valence-corrected chi connectivity index (χ3v) is 7.77. The lowest BCUT2D eigenvalue weighted by Crippen LogP contribution is -2.35. The van der Waals surface area contributed by atoms with Crippen LogP contribution in [0.2, 0.25) is 5.02 Å². The standard InChI is InChI=1S/C24H32ClN3O3S/c1-17-9-13-28(14-10-17)12-4-11-26-24(29)20-6-7-21(25)23(16-20)32(30,31)27-22-8-5-18(2)15-19(22)3/h5-8,15-17,27H,4,9-14H2,1-3H3,(H,26,29). The molecule has 1 aliphatic rings. The number of piperidine rings is 1. The van der Waals surface area contributed by atoms with Gasteiger partial charge in [-0.05, 0) is 88.5 Å². The van der Waals surface area contributed by atoms with E-state index in [9.17, 15) is 13.2 Å². The molecule has 6 nitrogen and oxygen atoms in total. The van der Waals surface area contributed by atoms with Gasteiger partial charge in [0.25, 0.3) is 15.9 Å². The first-order chi connectivity index (χ1) is 15.2. The Morgan fingerprint density at radius 1 is 1.12 bits per heavy atom. The molecule has 0 radical (unpaired) electrons. The third kappa shape index (κ3) is 6.47. The molecule has 1 amide bonds. The quantitative estimate of drug-likeness (QED) is 0.544. The molecule has 32 heavy (non-hydrogen) atoms. The number of aryl methyl sites for hydroxylation is 2. The van der Waals surface area contributed by atoms with Crippen molar-refractivity contribution in [2.75, 3.05) is 30.9 Å². The normalized spacial score (nSPS) is 15.5. The van der Waals surface area contributed by atoms with Crippen LogP contribution in [0.1, 0.15) is 47.7 Å². The number of halogens is 1. The van der Waals surface area contributed by atoms with Gasteiger partial charge in [-0.3, -0.25) is 9.52 Å². The van der Waals surface area contributed by atoms with Gasteiger partial charge in [0.2, 0.25) is 0 Å². The number of nitrogens with zero attached hydrogens (tertiary/aromatic N) is 1. The molecular weight excluding hydrogens is 446 g/mol. The summed E-state index contributed by atoms with van der Waals surface area (Å²) in [5.74, 6) is 0.489. The fourth-order valence-electron chi connectivity index (χ4n) is 3.87. The zero-order chi connectivity index (χ0) is 23.3. The van der Waals surface area contributed by atoms with Crippen LogP contribution in [-0.2, 0) is 10.0 Å². The van der Waals surface area contributed by atoms with Crippen molar-refractivity contribution in [1.82, 2.24) is 10.2 Å². The van der Waals surface area contributed by atoms with E-state index in [-0.39, 0.29) is 21.4 Å². The smallest absolute Gasteiger partial charge is 0.263 e. The maximum absolute atomic E-state index is 13.0. The minimum absolute atomic E-state index is 0.0677. The molecule has 0 saturated carbocycles. The summed E-state index contributed by atoms with van der Waals surface area (Å²) in [5, 5.41) is 2.95. The average molecular weight is 478 g/mol. The van der Waals surface area contributed by atoms with E-state index in [0.29, 0.717) is 12.2 Å². The average Bonchev–Trinajstić information content (AvgIpc) is 2.74. The van der Waals surface area contributed by atoms with E-state index in [1.807, 2.05) is 26.0 Å². The molecule has 2 N–H and O–H groups in total. The fourth-order valence-corrected chi connectivity index (χ4v) is 5.53. The van der Waals surface area contributed by atoms with Crippen LogP contribution in [0.5, 0.6) is 0 Å². The molecule has 1 aliphatic heterocycles. The molecule has 0 aromatic heterocycles. The molecule has 0 unspecified atom stereocenters. The van der Waals surface area contributed by atoms with Gasteiger partial charge in [-0.15, -0.1) is 0 Å². The van der Waals surface area contributed by atoms with Gasteiger partial charge in [0.05, 0.1) is 10.7 Å². The van der Waals surface area contributed by atoms with Gasteiger partial charge in [-0.25, -0.2) is 8.42 Å². The summed E-state index contributed by atoms with van der Waals surface area (Å²) in [6, 6.07) is 9.77. The van der Waals surface area contributed by atoms with Crippen molar-refractivity contribution < 1.29 is 13.2 Å². The number of anilines is 1. The number of likely N-dealkylation sites (tertiary alicyclic amines) is 1. The first-order valence-electron chi connectivity index (χ1n) is 11.1. The van der Waals surface area contributed by atoms with E-state index in [4.69, 9.17) is 11.6 Å². The monoisotopic (exact) mass is 477 g/mol. The molecule has 0 aliphatic carbocycles. The molecule has 0 atom stereocenters. The lowest BCUT2D eigenvalue weighted by atomic mass is 9.99. The van der Waals surface area contributed by atoms with E-state index in [0.717, 1.165) is 43.1 Å². The van der Waals surface area contributed by atoms with Crippen LogP contribution in [0.3, 0.4) is 0 Å². The Labute approximate surface area is 196 Å². The van der Waals surface area contributed by atoms with Crippen molar-refractivity contribution >= 4 is 33.2 Å². The molecule has 174 valence electrons. The minimum Gasteiger partial charge on any atom is -0.352 e. The number of carbonyl (C=O) groups is 1. The number of sulfonamides is 1. The Morgan fingerprint density at radius 3 is 2.53 bits per heavy atom. The van der Waals surface area contributed by atoms with E-state index < -0.39 is 10.0 Å². The predicted molar refractivity (Wildman–Crippen MR) is 130 cm³/mol. The van der Waals surface area contributed by atoms with Crippen molar-refractivity contribution in [2.24, 2.45) is 5.92 Å². The fraction of sp³-hybridized carbons (Fsp3) is 0.458. The summed E-state index contributed by atoms with van der Waals surface area (Å²) >= 11 is 6.18. The second kappa shape index (κ2) is 10.7. The van der Waals surface area contributed by atoms with Crippen LogP contribution in [0, 0.1) is 19.8 Å². The van der Waals surface area contributed by atoms with Crippen LogP contribution < -0.4 is 10.0 Å². The summed E-state index contributed by atoms with van der Waals surface area (Å²) in [7, 11) is -3.95. The summed E-state index contributed by atoms with van der Waals surface area (Å²) in [4.78, 5) is 14.9. The highest BCUT2D eigenvalue weighted by atomic mass is 35.5. The summed E-state index contributed by atoms with van der Waals surface area (Å²) in [6.45, 7) is 9.78. The molecule has 2 aromatic rings. The van der Waals surface area contributed by atoms with Crippen LogP contribution >= 0.6 is 11.6 Å². The molecule has 0 bridgehead atoms. The maximum Gasteiger partial charge on any atom is 0.263 e. The van der Waals surface area contributed by atoms with Gasteiger partial charge in [0, 0.05) is 12.1 Å². The molecular formula is C24H32ClN3O3S. The molecule has 0 spiro atoms. The number of benzene rings is 2. The topological polar surface area (TPSA) is 78.5 Å². The Kier molecular flexibility index (Phi) is 8.20. The van der Waals surface area contributed by atoms with Crippen molar-refractivity contribution in [3.05, 3.63) is 58.1 Å². The third-order valence-electron chi connectivity index (χ3n) is 5.92. The lowest BCUT2D eigenvalue weighted by molar-refractivity contribution is 0.0950. The van der Waals surface area contributed by atoms with E-state index in [1.165, 1.54) is 25.0 Å². The van der Waals surface area contributed by atoms with Gasteiger partial charge >= 0.3 is 0 Å². The van der Waals surface area contributed by atoms with Gasteiger partial charge in [0.15, 0.2) is 0 Å². The van der Waals surface area contributed by atoms with Crippen LogP contribution in [-0.4, -0.2) is 45.4 Å². The number of hydrogen-bond donors (Lipinski definition) is 2. The molecule has 8 heteroatoms. The van der Waals surface area contributed by atoms with Gasteiger partial charge < -0.3 is 10.2 Å². The highest BCUT2D eigenvalue weighted by Crippen LogP contribution is 2.26. The Balaban J connectivity index is 1.62. The molecule has 1 heterocycles. The number of hydrogen-bond acceptors (Lipinski definition) is 4. The van der Waals surface area contributed by atoms with Crippen LogP contribution in [0.4, 0.5) is 5.69 Å². The van der Waals surface area contributed by atoms with Crippen LogP contribution in [0.25, 0.3) is 0 Å². The number of carbonyl (C=O) groups excluding carboxylic acids is 1. The zero-order valence-corrected chi connectivity index (χ0v) is 20.5. The summed E-state index contributed by atoms with van der Waals surface area (Å²) in [5.41, 5.74) is 2.59. The van der Waals surface area contributed by atoms with E-state index >= 15 is 0 Å². The maximum atomic E-state index is 13.0. The van der Waals surface area contributed by atoms with Crippen molar-refractivity contribution in [1.29, 1.82) is 0 Å². The van der Waals surface area contributed by atoms with Gasteiger partial charge in [-0.1, -0.05) is 36.2 Å². The number of nitrogens with one attached hydrogen (secondary N) is 2. The predicted octanol–water partition coefficient (Wildman–Crippen LogP) is 4.61. The SMILES string of the molecule is Cc1ccc(NS(=O)(=O)c2cc(C(=O)NCCCN3CCC(C)CC3)ccc2Cl)c(C)c1. The number of amides is 1. The first kappa shape index (κ1) is 24.6. The van der Waals surface area contributed by atoms with E-state index in [2.05, 4.69) is 21.9 Å². The second-order valence-corrected chi connectivity index (χ2v) is 10.8. The highest BCUT2D eigenvalue weighted by molar-refractivity contribution is 7.92. The Bertz CT molecular complexity index is 1060. The number of rotatable bonds is 8. The summed E-state index contributed by atoms with van der Waals surface area (Å²) < 4.78 is 28.5. The Morgan fingerprint density at radius 2 is 1.84 bits per heavy atom. The molecule has 1 fully saturated rings. The zero-order valence-electron chi connectivity index (χ0n) is 18.9. The molecule has 1 saturated heterocycles. The van der Waals surface area contributed by atoms with Crippen molar-refractivity contribution in [3.63, 3.8) is 0 Å². The van der Waals surface area contributed by atoms with E-state index in [1.54, 1.807) is 12.1 Å². The van der Waals surface area contributed by atoms with Crippen molar-refractivity contribution in [2.45, 2.75) is 44.9 Å². The second-order valence-electron chi connectivity index (χ2n) is 8.70. The summed E-state index contributed by atoms with van der Waals surface area (Å²) in [6.07, 6.45) is 3.31. The van der Waals surface area contributed by atoms with Gasteiger partial charge in [-0.2, -0.15) is 0 Å². The van der Waals surface area contributed by atoms with Crippen LogP contribution in [0.15, 0.2) is 41.3 Å². The largest absolute Gasteiger partial charge is 0.352 e. The Hall–Kier alpha value is -2.09. The van der Waals surface area contributed by atoms with Gasteiger partial charge in [0.1, 0.15) is 4.90 Å². The minimum atomic E-state index is -3.95. The molecule has 2 aromatic carbocycles. The highest BCUT2D eigenvalue weighted by Gasteiger charge is 2.21. The molecule has 3 rings (SSSR count). The lowest BCUT2D eigenvalue weighted by Gasteiger charge is -2.30.